The Hall–Kier alpha value is -2.41. The van der Waals surface area contributed by atoms with Crippen molar-refractivity contribution in [1.29, 1.82) is 0 Å². The van der Waals surface area contributed by atoms with Crippen LogP contribution in [0.2, 0.25) is 0 Å². The van der Waals surface area contributed by atoms with Crippen molar-refractivity contribution in [2.75, 3.05) is 20.3 Å². The molecule has 2 N–H and O–H groups in total. The zero-order valence-electron chi connectivity index (χ0n) is 15.0. The molecule has 0 spiro atoms. The van der Waals surface area contributed by atoms with Gasteiger partial charge in [0.15, 0.2) is 0 Å². The van der Waals surface area contributed by atoms with Gasteiger partial charge in [-0.05, 0) is 25.5 Å². The fraction of sp³-hybridized carbons (Fsp3) is 0.500. The molecule has 2 aromatic rings. The number of benzene rings is 1. The molecular formula is C18H26N4O3. The van der Waals surface area contributed by atoms with Crippen LogP contribution in [0.4, 0.5) is 0 Å². The molecule has 0 fully saturated rings. The highest BCUT2D eigenvalue weighted by Gasteiger charge is 2.14. The number of methoxy groups -OCH3 is 1. The normalized spacial score (nSPS) is 12.1. The second kappa shape index (κ2) is 9.17. The predicted octanol–water partition coefficient (Wildman–Crippen LogP) is 1.26. The van der Waals surface area contributed by atoms with Gasteiger partial charge in [-0.2, -0.15) is 0 Å². The summed E-state index contributed by atoms with van der Waals surface area (Å²) in [5.41, 5.74) is 1.76. The standard InChI is InChI=1S/C18H26N4O3/c1-4-13(2)20-17(23)11-22-15-8-6-5-7-14(15)21-16(22)9-10-19-18(24)12-25-3/h5-8,13H,4,9-12H2,1-3H3,(H,19,24)(H,20,23). The van der Waals surface area contributed by atoms with E-state index in [1.807, 2.05) is 42.7 Å². The first kappa shape index (κ1) is 18.9. The molecule has 1 aromatic heterocycles. The number of nitrogens with one attached hydrogen (secondary N) is 2. The molecule has 1 atom stereocenters. The number of carbonyl (C=O) groups is 2. The largest absolute Gasteiger partial charge is 0.375 e. The highest BCUT2D eigenvalue weighted by atomic mass is 16.5. The van der Waals surface area contributed by atoms with E-state index in [2.05, 4.69) is 15.6 Å². The van der Waals surface area contributed by atoms with Gasteiger partial charge in [0.2, 0.25) is 11.8 Å². The highest BCUT2D eigenvalue weighted by Crippen LogP contribution is 2.16. The van der Waals surface area contributed by atoms with Gasteiger partial charge in [0.25, 0.3) is 0 Å². The highest BCUT2D eigenvalue weighted by molar-refractivity contribution is 5.81. The van der Waals surface area contributed by atoms with Crippen molar-refractivity contribution < 1.29 is 14.3 Å². The molecule has 1 unspecified atom stereocenters. The van der Waals surface area contributed by atoms with Crippen LogP contribution in [0.1, 0.15) is 26.1 Å². The number of rotatable bonds is 9. The van der Waals surface area contributed by atoms with Crippen molar-refractivity contribution in [1.82, 2.24) is 20.2 Å². The number of amides is 2. The third kappa shape index (κ3) is 5.29. The third-order valence-electron chi connectivity index (χ3n) is 4.00. The minimum Gasteiger partial charge on any atom is -0.375 e. The Morgan fingerprint density at radius 3 is 2.76 bits per heavy atom. The molecule has 0 saturated carbocycles. The molecule has 0 aliphatic heterocycles. The van der Waals surface area contributed by atoms with E-state index in [9.17, 15) is 9.59 Å². The number of fused-ring (bicyclic) bond motifs is 1. The summed E-state index contributed by atoms with van der Waals surface area (Å²) >= 11 is 0. The summed E-state index contributed by atoms with van der Waals surface area (Å²) in [6, 6.07) is 7.86. The Morgan fingerprint density at radius 2 is 2.04 bits per heavy atom. The summed E-state index contributed by atoms with van der Waals surface area (Å²) < 4.78 is 6.70. The predicted molar refractivity (Wildman–Crippen MR) is 96.2 cm³/mol. The quantitative estimate of drug-likeness (QED) is 0.716. The Labute approximate surface area is 147 Å². The van der Waals surface area contributed by atoms with Gasteiger partial charge in [0.05, 0.1) is 11.0 Å². The van der Waals surface area contributed by atoms with E-state index >= 15 is 0 Å². The molecule has 1 heterocycles. The summed E-state index contributed by atoms with van der Waals surface area (Å²) in [5.74, 6) is 0.570. The number of para-hydroxylation sites is 2. The Morgan fingerprint density at radius 1 is 1.28 bits per heavy atom. The molecule has 136 valence electrons. The second-order valence-corrected chi connectivity index (χ2v) is 6.01. The molecule has 2 amide bonds. The Balaban J connectivity index is 2.12. The van der Waals surface area contributed by atoms with Crippen LogP contribution >= 0.6 is 0 Å². The summed E-state index contributed by atoms with van der Waals surface area (Å²) in [4.78, 5) is 28.4. The van der Waals surface area contributed by atoms with E-state index in [4.69, 9.17) is 4.74 Å². The summed E-state index contributed by atoms with van der Waals surface area (Å²) in [5, 5.41) is 5.76. The molecule has 0 aliphatic rings. The van der Waals surface area contributed by atoms with Crippen molar-refractivity contribution >= 4 is 22.8 Å². The molecule has 7 heteroatoms. The maximum atomic E-state index is 12.3. The molecule has 0 aliphatic carbocycles. The van der Waals surface area contributed by atoms with Crippen LogP contribution in [0.3, 0.4) is 0 Å². The van der Waals surface area contributed by atoms with E-state index in [1.165, 1.54) is 7.11 Å². The maximum absolute atomic E-state index is 12.3. The van der Waals surface area contributed by atoms with E-state index in [-0.39, 0.29) is 31.0 Å². The summed E-state index contributed by atoms with van der Waals surface area (Å²) in [7, 11) is 1.48. The van der Waals surface area contributed by atoms with Gasteiger partial charge in [0.1, 0.15) is 19.0 Å². The first-order chi connectivity index (χ1) is 12.0. The zero-order valence-corrected chi connectivity index (χ0v) is 15.0. The van der Waals surface area contributed by atoms with Crippen LogP contribution in [-0.4, -0.2) is 47.7 Å². The van der Waals surface area contributed by atoms with Gasteiger partial charge in [-0.3, -0.25) is 9.59 Å². The molecule has 0 radical (unpaired) electrons. The fourth-order valence-corrected chi connectivity index (χ4v) is 2.55. The monoisotopic (exact) mass is 346 g/mol. The van der Waals surface area contributed by atoms with Gasteiger partial charge in [-0.15, -0.1) is 0 Å². The topological polar surface area (TPSA) is 85.2 Å². The number of aromatic nitrogens is 2. The van der Waals surface area contributed by atoms with Crippen molar-refractivity contribution in [3.63, 3.8) is 0 Å². The molecule has 0 saturated heterocycles. The van der Waals surface area contributed by atoms with Crippen LogP contribution in [-0.2, 0) is 27.3 Å². The molecule has 25 heavy (non-hydrogen) atoms. The maximum Gasteiger partial charge on any atom is 0.245 e. The smallest absolute Gasteiger partial charge is 0.245 e. The van der Waals surface area contributed by atoms with Crippen molar-refractivity contribution in [2.45, 2.75) is 39.3 Å². The van der Waals surface area contributed by atoms with Crippen LogP contribution in [0.25, 0.3) is 11.0 Å². The van der Waals surface area contributed by atoms with Crippen LogP contribution in [0.5, 0.6) is 0 Å². The van der Waals surface area contributed by atoms with E-state index < -0.39 is 0 Å². The first-order valence-corrected chi connectivity index (χ1v) is 8.54. The van der Waals surface area contributed by atoms with Crippen molar-refractivity contribution in [2.24, 2.45) is 0 Å². The number of hydrogen-bond donors (Lipinski definition) is 2. The number of imidazole rings is 1. The van der Waals surface area contributed by atoms with Gasteiger partial charge >= 0.3 is 0 Å². The van der Waals surface area contributed by atoms with Crippen LogP contribution < -0.4 is 10.6 Å². The minimum absolute atomic E-state index is 0.0354. The lowest BCUT2D eigenvalue weighted by molar-refractivity contribution is -0.125. The zero-order chi connectivity index (χ0) is 18.2. The van der Waals surface area contributed by atoms with Gasteiger partial charge < -0.3 is 19.9 Å². The fourth-order valence-electron chi connectivity index (χ4n) is 2.55. The van der Waals surface area contributed by atoms with Crippen LogP contribution in [0.15, 0.2) is 24.3 Å². The summed E-state index contributed by atoms with van der Waals surface area (Å²) in [6.07, 6.45) is 1.43. The van der Waals surface area contributed by atoms with Gasteiger partial charge in [0, 0.05) is 26.1 Å². The van der Waals surface area contributed by atoms with E-state index in [0.29, 0.717) is 13.0 Å². The molecule has 1 aromatic carbocycles. The lowest BCUT2D eigenvalue weighted by Crippen LogP contribution is -2.35. The minimum atomic E-state index is -0.167. The van der Waals surface area contributed by atoms with Gasteiger partial charge in [-0.25, -0.2) is 4.98 Å². The molecule has 2 rings (SSSR count). The number of nitrogens with zero attached hydrogens (tertiary/aromatic N) is 2. The third-order valence-corrected chi connectivity index (χ3v) is 4.00. The Kier molecular flexibility index (Phi) is 6.94. The number of carbonyl (C=O) groups excluding carboxylic acids is 2. The average Bonchev–Trinajstić information content (AvgIpc) is 2.92. The van der Waals surface area contributed by atoms with E-state index in [1.54, 1.807) is 0 Å². The molecule has 0 bridgehead atoms. The lowest BCUT2D eigenvalue weighted by atomic mass is 10.2. The molecule has 7 nitrogen and oxygen atoms in total. The molecular weight excluding hydrogens is 320 g/mol. The van der Waals surface area contributed by atoms with Crippen molar-refractivity contribution in [3.05, 3.63) is 30.1 Å². The number of ether oxygens (including phenoxy) is 1. The SMILES string of the molecule is CCC(C)NC(=O)Cn1c(CCNC(=O)COC)nc2ccccc21. The first-order valence-electron chi connectivity index (χ1n) is 8.54. The van der Waals surface area contributed by atoms with Crippen LogP contribution in [0, 0.1) is 0 Å². The number of hydrogen-bond acceptors (Lipinski definition) is 4. The lowest BCUT2D eigenvalue weighted by Gasteiger charge is -2.14. The second-order valence-electron chi connectivity index (χ2n) is 6.01. The van der Waals surface area contributed by atoms with Crippen molar-refractivity contribution in [3.8, 4) is 0 Å². The van der Waals surface area contributed by atoms with E-state index in [0.717, 1.165) is 23.3 Å². The van der Waals surface area contributed by atoms with Gasteiger partial charge in [-0.1, -0.05) is 19.1 Å². The average molecular weight is 346 g/mol. The summed E-state index contributed by atoms with van der Waals surface area (Å²) in [6.45, 7) is 4.71. The Bertz CT molecular complexity index is 726.